The van der Waals surface area contributed by atoms with Gasteiger partial charge in [0.2, 0.25) is 5.91 Å². The van der Waals surface area contributed by atoms with Gasteiger partial charge in [0.25, 0.3) is 0 Å². The fraction of sp³-hybridized carbons (Fsp3) is 0.350. The fourth-order valence-corrected chi connectivity index (χ4v) is 4.49. The number of rotatable bonds is 5. The van der Waals surface area contributed by atoms with Crippen molar-refractivity contribution in [2.24, 2.45) is 0 Å². The first-order chi connectivity index (χ1) is 12.7. The number of carbonyl (C=O) groups is 1. The summed E-state index contributed by atoms with van der Waals surface area (Å²) in [6.45, 7) is 3.17. The van der Waals surface area contributed by atoms with E-state index in [1.54, 1.807) is 0 Å². The van der Waals surface area contributed by atoms with E-state index in [0.717, 1.165) is 53.7 Å². The average Bonchev–Trinajstić information content (AvgIpc) is 3.05. The molecular formula is C20H22N2O3S. The number of hydrogen-bond donors (Lipinski definition) is 1. The van der Waals surface area contributed by atoms with Crippen LogP contribution in [-0.2, 0) is 21.3 Å². The molecule has 0 spiro atoms. The summed E-state index contributed by atoms with van der Waals surface area (Å²) >= 11 is 0. The Morgan fingerprint density at radius 1 is 1.08 bits per heavy atom. The number of amides is 1. The zero-order chi connectivity index (χ0) is 17.9. The second-order valence-electron chi connectivity index (χ2n) is 6.60. The van der Waals surface area contributed by atoms with Crippen molar-refractivity contribution in [1.29, 1.82) is 0 Å². The van der Waals surface area contributed by atoms with E-state index in [4.69, 9.17) is 4.42 Å². The molecule has 26 heavy (non-hydrogen) atoms. The Hall–Kier alpha value is -2.18. The molecule has 6 heteroatoms. The lowest BCUT2D eigenvalue weighted by Crippen LogP contribution is -2.46. The van der Waals surface area contributed by atoms with Crippen LogP contribution in [0.3, 0.4) is 0 Å². The number of nitrogens with zero attached hydrogens (tertiary/aromatic N) is 1. The summed E-state index contributed by atoms with van der Waals surface area (Å²) in [5.41, 5.74) is 2.72. The van der Waals surface area contributed by atoms with E-state index < -0.39 is 10.8 Å². The highest BCUT2D eigenvalue weighted by molar-refractivity contribution is 7.84. The molecule has 1 aliphatic heterocycles. The van der Waals surface area contributed by atoms with Gasteiger partial charge >= 0.3 is 0 Å². The highest BCUT2D eigenvalue weighted by Crippen LogP contribution is 2.29. The molecule has 2 heterocycles. The topological polar surface area (TPSA) is 62.6 Å². The molecule has 0 saturated carbocycles. The number of hydrogen-bond acceptors (Lipinski definition) is 4. The van der Waals surface area contributed by atoms with Crippen LogP contribution in [0.1, 0.15) is 12.0 Å². The van der Waals surface area contributed by atoms with Gasteiger partial charge in [-0.15, -0.1) is 0 Å². The fourth-order valence-electron chi connectivity index (χ4n) is 3.39. The van der Waals surface area contributed by atoms with E-state index in [1.807, 2.05) is 41.3 Å². The van der Waals surface area contributed by atoms with Crippen LogP contribution in [0, 0.1) is 0 Å². The highest BCUT2D eigenvalue weighted by Gasteiger charge is 2.17. The van der Waals surface area contributed by atoms with Gasteiger partial charge in [-0.3, -0.25) is 9.00 Å². The maximum Gasteiger partial charge on any atom is 0.223 e. The number of carbonyl (C=O) groups excluding carboxylic acids is 1. The lowest BCUT2D eigenvalue weighted by Gasteiger charge is -2.27. The minimum atomic E-state index is -1.05. The second-order valence-corrected chi connectivity index (χ2v) is 8.17. The van der Waals surface area contributed by atoms with Crippen molar-refractivity contribution >= 4 is 38.6 Å². The Labute approximate surface area is 154 Å². The van der Waals surface area contributed by atoms with Crippen molar-refractivity contribution in [2.75, 3.05) is 31.9 Å². The molecule has 1 aromatic heterocycles. The second kappa shape index (κ2) is 7.60. The molecule has 1 fully saturated rings. The van der Waals surface area contributed by atoms with E-state index in [0.29, 0.717) is 17.9 Å². The first-order valence-corrected chi connectivity index (χ1v) is 10.4. The maximum atomic E-state index is 12.4. The molecule has 2 aromatic carbocycles. The van der Waals surface area contributed by atoms with E-state index in [-0.39, 0.29) is 5.91 Å². The van der Waals surface area contributed by atoms with E-state index in [1.165, 1.54) is 0 Å². The van der Waals surface area contributed by atoms with Gasteiger partial charge in [-0.1, -0.05) is 24.3 Å². The van der Waals surface area contributed by atoms with Crippen molar-refractivity contribution in [1.82, 2.24) is 10.2 Å². The molecule has 5 nitrogen and oxygen atoms in total. The van der Waals surface area contributed by atoms with Gasteiger partial charge < -0.3 is 14.6 Å². The standard InChI is InChI=1S/C20H22N2O3S/c23-20(22-10-8-21-9-11-22)7-12-26(24)14-15-5-6-19-17(13-15)16-3-1-2-4-18(16)25-19/h1-6,13,21H,7-12,14H2. The smallest absolute Gasteiger partial charge is 0.223 e. The first kappa shape index (κ1) is 17.2. The number of nitrogens with one attached hydrogen (secondary N) is 1. The van der Waals surface area contributed by atoms with Crippen molar-refractivity contribution in [2.45, 2.75) is 12.2 Å². The van der Waals surface area contributed by atoms with Crippen LogP contribution in [0.25, 0.3) is 21.9 Å². The highest BCUT2D eigenvalue weighted by atomic mass is 32.2. The van der Waals surface area contributed by atoms with E-state index >= 15 is 0 Å². The molecule has 0 bridgehead atoms. The lowest BCUT2D eigenvalue weighted by atomic mass is 10.1. The van der Waals surface area contributed by atoms with Crippen LogP contribution in [0.15, 0.2) is 46.9 Å². The molecule has 4 rings (SSSR count). The Balaban J connectivity index is 1.40. The van der Waals surface area contributed by atoms with Crippen LogP contribution in [0.4, 0.5) is 0 Å². The Morgan fingerprint density at radius 3 is 2.69 bits per heavy atom. The van der Waals surface area contributed by atoms with Gasteiger partial charge in [-0.2, -0.15) is 0 Å². The van der Waals surface area contributed by atoms with E-state index in [2.05, 4.69) is 11.4 Å². The predicted molar refractivity (Wildman–Crippen MR) is 105 cm³/mol. The van der Waals surface area contributed by atoms with Gasteiger partial charge in [-0.05, 0) is 23.8 Å². The van der Waals surface area contributed by atoms with Crippen LogP contribution in [0.2, 0.25) is 0 Å². The van der Waals surface area contributed by atoms with Crippen molar-refractivity contribution < 1.29 is 13.4 Å². The molecule has 1 amide bonds. The summed E-state index contributed by atoms with van der Waals surface area (Å²) < 4.78 is 18.3. The average molecular weight is 370 g/mol. The molecule has 0 radical (unpaired) electrons. The third-order valence-electron chi connectivity index (χ3n) is 4.78. The SMILES string of the molecule is O=C(CCS(=O)Cc1ccc2oc3ccccc3c2c1)N1CCNCC1. The Morgan fingerprint density at radius 2 is 1.85 bits per heavy atom. The predicted octanol–water partition coefficient (Wildman–Crippen LogP) is 2.66. The molecule has 3 aromatic rings. The molecular weight excluding hydrogens is 348 g/mol. The summed E-state index contributed by atoms with van der Waals surface area (Å²) in [4.78, 5) is 14.1. The van der Waals surface area contributed by atoms with Crippen LogP contribution in [-0.4, -0.2) is 46.9 Å². The molecule has 0 aliphatic carbocycles. The van der Waals surface area contributed by atoms with Gasteiger partial charge in [-0.25, -0.2) is 0 Å². The van der Waals surface area contributed by atoms with Crippen molar-refractivity contribution in [3.63, 3.8) is 0 Å². The van der Waals surface area contributed by atoms with Crippen LogP contribution in [0.5, 0.6) is 0 Å². The first-order valence-electron chi connectivity index (χ1n) is 8.94. The number of para-hydroxylation sites is 1. The molecule has 1 atom stereocenters. The van der Waals surface area contributed by atoms with Crippen LogP contribution < -0.4 is 5.32 Å². The maximum absolute atomic E-state index is 12.4. The minimum Gasteiger partial charge on any atom is -0.456 e. The zero-order valence-corrected chi connectivity index (χ0v) is 15.4. The summed E-state index contributed by atoms with van der Waals surface area (Å²) in [6, 6.07) is 13.9. The third kappa shape index (κ3) is 3.66. The largest absolute Gasteiger partial charge is 0.456 e. The van der Waals surface area contributed by atoms with E-state index in [9.17, 15) is 9.00 Å². The number of fused-ring (bicyclic) bond motifs is 3. The summed E-state index contributed by atoms with van der Waals surface area (Å²) in [5, 5.41) is 5.35. The Bertz CT molecular complexity index is 960. The third-order valence-corrected chi connectivity index (χ3v) is 6.10. The van der Waals surface area contributed by atoms with Gasteiger partial charge in [0.15, 0.2) is 0 Å². The zero-order valence-electron chi connectivity index (χ0n) is 14.6. The molecule has 1 unspecified atom stereocenters. The summed E-state index contributed by atoms with van der Waals surface area (Å²) in [7, 11) is -1.05. The normalized spacial score (nSPS) is 16.2. The molecule has 1 aliphatic rings. The lowest BCUT2D eigenvalue weighted by molar-refractivity contribution is -0.131. The van der Waals surface area contributed by atoms with Crippen molar-refractivity contribution in [3.8, 4) is 0 Å². The number of piperazine rings is 1. The van der Waals surface area contributed by atoms with Crippen molar-refractivity contribution in [3.05, 3.63) is 48.0 Å². The summed E-state index contributed by atoms with van der Waals surface area (Å²) in [5.74, 6) is 0.980. The summed E-state index contributed by atoms with van der Waals surface area (Å²) in [6.07, 6.45) is 0.351. The molecule has 1 saturated heterocycles. The molecule has 1 N–H and O–H groups in total. The quantitative estimate of drug-likeness (QED) is 0.750. The minimum absolute atomic E-state index is 0.108. The van der Waals surface area contributed by atoms with Crippen LogP contribution >= 0.6 is 0 Å². The molecule has 136 valence electrons. The number of furan rings is 1. The number of benzene rings is 2. The van der Waals surface area contributed by atoms with Gasteiger partial charge in [0, 0.05) is 65.7 Å². The van der Waals surface area contributed by atoms with Gasteiger partial charge in [0.05, 0.1) is 0 Å². The monoisotopic (exact) mass is 370 g/mol. The Kier molecular flexibility index (Phi) is 5.04. The van der Waals surface area contributed by atoms with Gasteiger partial charge in [0.1, 0.15) is 11.2 Å².